The Morgan fingerprint density at radius 3 is 2.70 bits per heavy atom. The Bertz CT molecular complexity index is 961. The number of nitrogens with zero attached hydrogens (tertiary/aromatic N) is 2. The van der Waals surface area contributed by atoms with Gasteiger partial charge in [0.05, 0.1) is 6.07 Å². The van der Waals surface area contributed by atoms with Gasteiger partial charge in [0, 0.05) is 29.6 Å². The van der Waals surface area contributed by atoms with Crippen LogP contribution in [0.1, 0.15) is 57.5 Å². The summed E-state index contributed by atoms with van der Waals surface area (Å²) in [6.07, 6.45) is 0.417. The number of methoxy groups -OCH3 is 1. The number of nitrogens with one attached hydrogen (secondary N) is 1. The fourth-order valence-corrected chi connectivity index (χ4v) is 5.11. The fraction of sp³-hybridized carbons (Fsp3) is 0.609. The lowest BCUT2D eigenvalue weighted by atomic mass is 9.97. The van der Waals surface area contributed by atoms with Gasteiger partial charge in [0.1, 0.15) is 23.5 Å². The molecule has 10 heteroatoms. The Balaban J connectivity index is 1.76. The average molecular weight is 526 g/mol. The summed E-state index contributed by atoms with van der Waals surface area (Å²) in [6.45, 7) is 5.30. The molecule has 2 aliphatic rings. The van der Waals surface area contributed by atoms with Crippen LogP contribution in [0.5, 0.6) is 0 Å². The minimum Gasteiger partial charge on any atom is -0.444 e. The number of amides is 2. The summed E-state index contributed by atoms with van der Waals surface area (Å²) in [7, 11) is 1.31. The van der Waals surface area contributed by atoms with Crippen LogP contribution < -0.4 is 5.32 Å². The van der Waals surface area contributed by atoms with Crippen molar-refractivity contribution in [2.75, 3.05) is 7.11 Å². The number of hydrogen-bond donors (Lipinski definition) is 2. The molecule has 0 radical (unpaired) electrons. The van der Waals surface area contributed by atoms with E-state index >= 15 is 0 Å². The van der Waals surface area contributed by atoms with Gasteiger partial charge in [-0.1, -0.05) is 15.9 Å². The molecule has 1 aromatic carbocycles. The summed E-state index contributed by atoms with van der Waals surface area (Å²) in [5, 5.41) is 22.3. The maximum atomic E-state index is 14.5. The highest BCUT2D eigenvalue weighted by Gasteiger charge is 2.52. The molecule has 2 amide bonds. The largest absolute Gasteiger partial charge is 0.444 e. The molecule has 1 unspecified atom stereocenters. The smallest absolute Gasteiger partial charge is 0.411 e. The molecule has 2 N–H and O–H groups in total. The molecule has 1 aromatic rings. The van der Waals surface area contributed by atoms with Crippen LogP contribution in [0, 0.1) is 23.1 Å². The van der Waals surface area contributed by atoms with Crippen molar-refractivity contribution in [1.82, 2.24) is 10.2 Å². The van der Waals surface area contributed by atoms with E-state index < -0.39 is 41.8 Å². The van der Waals surface area contributed by atoms with E-state index in [1.165, 1.54) is 24.1 Å². The summed E-state index contributed by atoms with van der Waals surface area (Å²) in [5.41, 5.74) is -0.243. The van der Waals surface area contributed by atoms with Gasteiger partial charge < -0.3 is 19.9 Å². The number of halogens is 2. The number of benzene rings is 1. The van der Waals surface area contributed by atoms with Crippen molar-refractivity contribution in [3.63, 3.8) is 0 Å². The molecule has 8 nitrogen and oxygen atoms in total. The van der Waals surface area contributed by atoms with Gasteiger partial charge in [0.15, 0.2) is 6.29 Å². The molecule has 1 saturated carbocycles. The van der Waals surface area contributed by atoms with Crippen molar-refractivity contribution in [3.8, 4) is 6.07 Å². The second kappa shape index (κ2) is 9.95. The van der Waals surface area contributed by atoms with Crippen LogP contribution in [0.3, 0.4) is 0 Å². The molecule has 1 heterocycles. The monoisotopic (exact) mass is 525 g/mol. The molecule has 1 aliphatic carbocycles. The number of fused-ring (bicyclic) bond motifs is 2. The number of nitriles is 1. The lowest BCUT2D eigenvalue weighted by Gasteiger charge is -2.35. The highest BCUT2D eigenvalue weighted by Crippen LogP contribution is 2.43. The zero-order chi connectivity index (χ0) is 24.5. The second-order valence-electron chi connectivity index (χ2n) is 9.51. The van der Waals surface area contributed by atoms with Gasteiger partial charge in [-0.15, -0.1) is 0 Å². The molecule has 5 atom stereocenters. The van der Waals surface area contributed by atoms with Crippen molar-refractivity contribution >= 4 is 27.9 Å². The Labute approximate surface area is 201 Å². The predicted octanol–water partition coefficient (Wildman–Crippen LogP) is 3.56. The first-order valence-corrected chi connectivity index (χ1v) is 11.6. The summed E-state index contributed by atoms with van der Waals surface area (Å²) in [6, 6.07) is 2.76. The summed E-state index contributed by atoms with van der Waals surface area (Å²) in [5.74, 6) is -1.04. The van der Waals surface area contributed by atoms with Crippen LogP contribution in [-0.4, -0.2) is 52.8 Å². The van der Waals surface area contributed by atoms with Crippen molar-refractivity contribution < 1.29 is 28.6 Å². The van der Waals surface area contributed by atoms with E-state index in [4.69, 9.17) is 9.47 Å². The normalized spacial score (nSPS) is 23.7. The maximum absolute atomic E-state index is 14.5. The number of aliphatic hydroxyl groups is 1. The van der Waals surface area contributed by atoms with Crippen LogP contribution in [0.2, 0.25) is 0 Å². The van der Waals surface area contributed by atoms with Gasteiger partial charge in [-0.05, 0) is 63.6 Å². The van der Waals surface area contributed by atoms with E-state index in [0.717, 1.165) is 12.8 Å². The number of carbonyl (C=O) groups excluding carboxylic acids is 2. The molecular formula is C23H29BrFN3O5. The van der Waals surface area contributed by atoms with E-state index in [1.807, 2.05) is 6.07 Å². The van der Waals surface area contributed by atoms with E-state index in [-0.39, 0.29) is 23.9 Å². The SMILES string of the molecule is COC(O)c1cc(C[C@H](C#N)NC(=O)[C@@H]2[C@H]3CC[C@H](C3)N2C(=O)OC(C)(C)C)c(F)cc1Br. The van der Waals surface area contributed by atoms with E-state index in [1.54, 1.807) is 20.8 Å². The van der Waals surface area contributed by atoms with Gasteiger partial charge in [-0.3, -0.25) is 9.69 Å². The molecule has 0 spiro atoms. The highest BCUT2D eigenvalue weighted by molar-refractivity contribution is 9.10. The topological polar surface area (TPSA) is 112 Å². The van der Waals surface area contributed by atoms with Gasteiger partial charge in [-0.2, -0.15) is 5.26 Å². The zero-order valence-corrected chi connectivity index (χ0v) is 20.7. The third kappa shape index (κ3) is 5.65. The molecular weight excluding hydrogens is 497 g/mol. The molecule has 2 bridgehead atoms. The zero-order valence-electron chi connectivity index (χ0n) is 19.1. The molecule has 1 saturated heterocycles. The standard InChI is InChI=1S/C23H29BrFN3O5/c1-23(2,3)33-22(31)28-15-6-5-12(8-15)19(28)20(29)27-14(11-26)7-13-9-16(21(30)32-4)17(24)10-18(13)25/h9-10,12,14-15,19,21,30H,5-8H2,1-4H3,(H,27,29)/t12-,14+,15+,19-,21?/m0/s1. The quantitative estimate of drug-likeness (QED) is 0.549. The van der Waals surface area contributed by atoms with Gasteiger partial charge in [0.25, 0.3) is 0 Å². The Morgan fingerprint density at radius 2 is 2.09 bits per heavy atom. The molecule has 0 aromatic heterocycles. The average Bonchev–Trinajstić information content (AvgIpc) is 3.34. The van der Waals surface area contributed by atoms with Crippen molar-refractivity contribution in [1.29, 1.82) is 5.26 Å². The number of rotatable bonds is 6. The van der Waals surface area contributed by atoms with Crippen LogP contribution in [-0.2, 0) is 20.7 Å². The minimum absolute atomic E-state index is 0.00488. The van der Waals surface area contributed by atoms with Crippen LogP contribution in [0.25, 0.3) is 0 Å². The van der Waals surface area contributed by atoms with E-state index in [0.29, 0.717) is 16.5 Å². The third-order valence-corrected chi connectivity index (χ3v) is 6.70. The summed E-state index contributed by atoms with van der Waals surface area (Å²) < 4.78 is 25.3. The molecule has 2 fully saturated rings. The Hall–Kier alpha value is -2.22. The van der Waals surface area contributed by atoms with Crippen molar-refractivity contribution in [2.24, 2.45) is 5.92 Å². The predicted molar refractivity (Wildman–Crippen MR) is 120 cm³/mol. The lowest BCUT2D eigenvalue weighted by molar-refractivity contribution is -0.128. The third-order valence-electron chi connectivity index (χ3n) is 6.01. The number of carbonyl (C=O) groups is 2. The van der Waals surface area contributed by atoms with Gasteiger partial charge in [0.2, 0.25) is 5.91 Å². The Kier molecular flexibility index (Phi) is 7.66. The first-order valence-electron chi connectivity index (χ1n) is 10.8. The highest BCUT2D eigenvalue weighted by atomic mass is 79.9. The summed E-state index contributed by atoms with van der Waals surface area (Å²) >= 11 is 3.19. The van der Waals surface area contributed by atoms with Gasteiger partial charge >= 0.3 is 6.09 Å². The fourth-order valence-electron chi connectivity index (χ4n) is 4.59. The maximum Gasteiger partial charge on any atom is 0.411 e. The first-order chi connectivity index (χ1) is 15.4. The summed E-state index contributed by atoms with van der Waals surface area (Å²) in [4.78, 5) is 27.4. The molecule has 3 rings (SSSR count). The molecule has 1 aliphatic heterocycles. The number of ether oxygens (including phenoxy) is 2. The van der Waals surface area contributed by atoms with Crippen LogP contribution in [0.4, 0.5) is 9.18 Å². The van der Waals surface area contributed by atoms with Crippen LogP contribution >= 0.6 is 15.9 Å². The number of piperidine rings is 1. The van der Waals surface area contributed by atoms with Gasteiger partial charge in [-0.25, -0.2) is 9.18 Å². The van der Waals surface area contributed by atoms with Crippen LogP contribution in [0.15, 0.2) is 16.6 Å². The molecule has 180 valence electrons. The van der Waals surface area contributed by atoms with Crippen molar-refractivity contribution in [3.05, 3.63) is 33.5 Å². The molecule has 33 heavy (non-hydrogen) atoms. The first kappa shape index (κ1) is 25.4. The number of hydrogen-bond acceptors (Lipinski definition) is 6. The van der Waals surface area contributed by atoms with Crippen molar-refractivity contribution in [2.45, 2.75) is 76.5 Å². The van der Waals surface area contributed by atoms with E-state index in [9.17, 15) is 24.3 Å². The number of likely N-dealkylation sites (tertiary alicyclic amines) is 1. The minimum atomic E-state index is -1.27. The lowest BCUT2D eigenvalue weighted by Crippen LogP contribution is -2.55. The second-order valence-corrected chi connectivity index (χ2v) is 10.4. The van der Waals surface area contributed by atoms with E-state index in [2.05, 4.69) is 21.2 Å². The Morgan fingerprint density at radius 1 is 1.39 bits per heavy atom. The number of aliphatic hydroxyl groups excluding tert-OH is 1.